The van der Waals surface area contributed by atoms with Crippen molar-refractivity contribution in [2.24, 2.45) is 0 Å². The van der Waals surface area contributed by atoms with Gasteiger partial charge in [-0.25, -0.2) is 0 Å². The normalized spacial score (nSPS) is 17.4. The number of fused-ring (bicyclic) bond motifs is 3. The molecule has 242 valence electrons. The van der Waals surface area contributed by atoms with Crippen LogP contribution in [0.25, 0.3) is 0 Å². The van der Waals surface area contributed by atoms with Crippen molar-refractivity contribution in [3.05, 3.63) is 125 Å². The zero-order chi connectivity index (χ0) is 32.4. The molecule has 0 spiro atoms. The molecule has 7 nitrogen and oxygen atoms in total. The number of nitrogens with one attached hydrogen (secondary N) is 1. The first kappa shape index (κ1) is 31.0. The predicted octanol–water partition coefficient (Wildman–Crippen LogP) is 6.92. The maximum absolute atomic E-state index is 13.9. The van der Waals surface area contributed by atoms with Crippen molar-refractivity contribution >= 4 is 17.5 Å². The van der Waals surface area contributed by atoms with Gasteiger partial charge in [0.2, 0.25) is 5.91 Å². The predicted molar refractivity (Wildman–Crippen MR) is 186 cm³/mol. The second kappa shape index (κ2) is 13.2. The molecular formula is C40H44N4O3. The summed E-state index contributed by atoms with van der Waals surface area (Å²) in [5, 5.41) is 3.15. The highest BCUT2D eigenvalue weighted by atomic mass is 16.5. The fourth-order valence-corrected chi connectivity index (χ4v) is 7.71. The van der Waals surface area contributed by atoms with E-state index in [1.807, 2.05) is 78.6 Å². The van der Waals surface area contributed by atoms with E-state index < -0.39 is 5.41 Å². The molecule has 4 aromatic carbocycles. The van der Waals surface area contributed by atoms with Gasteiger partial charge in [0.25, 0.3) is 5.91 Å². The summed E-state index contributed by atoms with van der Waals surface area (Å²) >= 11 is 0. The third-order valence-corrected chi connectivity index (χ3v) is 10.3. The van der Waals surface area contributed by atoms with E-state index in [4.69, 9.17) is 4.74 Å². The highest BCUT2D eigenvalue weighted by Crippen LogP contribution is 2.50. The number of hydrogen-bond donors (Lipinski definition) is 1. The smallest absolute Gasteiger partial charge is 0.255 e. The Bertz CT molecular complexity index is 1700. The summed E-state index contributed by atoms with van der Waals surface area (Å²) in [4.78, 5) is 34.3. The number of rotatable bonds is 10. The minimum absolute atomic E-state index is 0.0370. The Hall–Kier alpha value is -4.62. The first-order valence-electron chi connectivity index (χ1n) is 17.1. The van der Waals surface area contributed by atoms with Crippen LogP contribution in [0.1, 0.15) is 71.8 Å². The summed E-state index contributed by atoms with van der Waals surface area (Å²) in [7, 11) is 0. The Morgan fingerprint density at radius 2 is 1.51 bits per heavy atom. The number of likely N-dealkylation sites (N-methyl/N-ethyl adjacent to an activating group) is 1. The number of ether oxygens (including phenoxy) is 1. The third kappa shape index (κ3) is 5.78. The molecule has 1 N–H and O–H groups in total. The number of hydrogen-bond acceptors (Lipinski definition) is 5. The number of para-hydroxylation sites is 2. The molecule has 0 bridgehead atoms. The number of anilines is 1. The molecule has 7 heteroatoms. The zero-order valence-corrected chi connectivity index (χ0v) is 27.5. The number of carbonyl (C=O) groups excluding carboxylic acids is 2. The molecule has 0 aromatic heterocycles. The summed E-state index contributed by atoms with van der Waals surface area (Å²) in [6.45, 7) is 10.1. The summed E-state index contributed by atoms with van der Waals surface area (Å²) in [6.07, 6.45) is 2.65. The van der Waals surface area contributed by atoms with Gasteiger partial charge < -0.3 is 19.9 Å². The summed E-state index contributed by atoms with van der Waals surface area (Å²) in [5.41, 5.74) is 5.36. The number of carbonyl (C=O) groups is 2. The van der Waals surface area contributed by atoms with Gasteiger partial charge in [0, 0.05) is 61.6 Å². The first-order chi connectivity index (χ1) is 23.0. The SMILES string of the molecule is CCNC(=O)C1(CCCCN2CCN(c3ccc4c(c3)C(=O)N(C(C)c3ccccc3)C4)CC2)c2ccccc2Oc2ccccc21. The molecule has 0 radical (unpaired) electrons. The molecule has 3 aliphatic heterocycles. The highest BCUT2D eigenvalue weighted by Gasteiger charge is 2.47. The molecule has 7 rings (SSSR count). The Labute approximate surface area is 278 Å². The topological polar surface area (TPSA) is 65.1 Å². The quantitative estimate of drug-likeness (QED) is 0.193. The molecule has 0 saturated carbocycles. The van der Waals surface area contributed by atoms with Crippen molar-refractivity contribution < 1.29 is 14.3 Å². The van der Waals surface area contributed by atoms with Gasteiger partial charge in [-0.3, -0.25) is 14.5 Å². The van der Waals surface area contributed by atoms with Gasteiger partial charge in [0.05, 0.1) is 6.04 Å². The molecule has 0 aliphatic carbocycles. The summed E-state index contributed by atoms with van der Waals surface area (Å²) < 4.78 is 6.26. The number of unbranched alkanes of at least 4 members (excludes halogenated alkanes) is 1. The molecule has 1 unspecified atom stereocenters. The largest absolute Gasteiger partial charge is 0.457 e. The average molecular weight is 629 g/mol. The Balaban J connectivity index is 0.970. The monoisotopic (exact) mass is 628 g/mol. The maximum Gasteiger partial charge on any atom is 0.255 e. The molecule has 3 aliphatic rings. The number of piperazine rings is 1. The Morgan fingerprint density at radius 1 is 0.851 bits per heavy atom. The third-order valence-electron chi connectivity index (χ3n) is 10.3. The van der Waals surface area contributed by atoms with Crippen LogP contribution >= 0.6 is 0 Å². The lowest BCUT2D eigenvalue weighted by Crippen LogP contribution is -2.47. The van der Waals surface area contributed by atoms with Crippen LogP contribution in [0.3, 0.4) is 0 Å². The van der Waals surface area contributed by atoms with Crippen molar-refractivity contribution in [2.75, 3.05) is 44.2 Å². The van der Waals surface area contributed by atoms with E-state index >= 15 is 0 Å². The lowest BCUT2D eigenvalue weighted by Gasteiger charge is -2.39. The highest BCUT2D eigenvalue weighted by molar-refractivity contribution is 5.99. The lowest BCUT2D eigenvalue weighted by molar-refractivity contribution is -0.125. The molecule has 1 fully saturated rings. The summed E-state index contributed by atoms with van der Waals surface area (Å²) in [6, 6.07) is 32.7. The van der Waals surface area contributed by atoms with E-state index in [0.717, 1.165) is 97.0 Å². The lowest BCUT2D eigenvalue weighted by atomic mass is 9.68. The minimum Gasteiger partial charge on any atom is -0.457 e. The van der Waals surface area contributed by atoms with Crippen LogP contribution in [0.5, 0.6) is 11.5 Å². The second-order valence-corrected chi connectivity index (χ2v) is 13.0. The van der Waals surface area contributed by atoms with Crippen molar-refractivity contribution in [1.82, 2.24) is 15.1 Å². The number of amides is 2. The van der Waals surface area contributed by atoms with Crippen LogP contribution in [0.15, 0.2) is 97.1 Å². The first-order valence-corrected chi connectivity index (χ1v) is 17.1. The van der Waals surface area contributed by atoms with Gasteiger partial charge in [-0.2, -0.15) is 0 Å². The second-order valence-electron chi connectivity index (χ2n) is 13.0. The molecule has 2 amide bonds. The molecular weight excluding hydrogens is 584 g/mol. The number of nitrogens with zero attached hydrogens (tertiary/aromatic N) is 3. The molecule has 1 atom stereocenters. The van der Waals surface area contributed by atoms with E-state index in [1.54, 1.807) is 0 Å². The van der Waals surface area contributed by atoms with E-state index in [0.29, 0.717) is 13.1 Å². The van der Waals surface area contributed by atoms with E-state index in [1.165, 1.54) is 0 Å². The fourth-order valence-electron chi connectivity index (χ4n) is 7.71. The van der Waals surface area contributed by atoms with Gasteiger partial charge >= 0.3 is 0 Å². The fraction of sp³-hybridized carbons (Fsp3) is 0.350. The van der Waals surface area contributed by atoms with Crippen LogP contribution in [-0.2, 0) is 16.8 Å². The van der Waals surface area contributed by atoms with Crippen molar-refractivity contribution in [2.45, 2.75) is 51.1 Å². The van der Waals surface area contributed by atoms with E-state index in [9.17, 15) is 9.59 Å². The Morgan fingerprint density at radius 3 is 2.19 bits per heavy atom. The molecule has 3 heterocycles. The standard InChI is InChI=1S/C40H44N4O3/c1-3-41-39(46)40(34-15-7-9-17-36(34)47-37-18-10-8-16-35(37)40)21-11-12-22-42-23-25-43(26-24-42)32-20-19-31-28-44(38(45)33(31)27-32)29(2)30-13-5-4-6-14-30/h4-10,13-20,27,29H,3,11-12,21-26,28H2,1-2H3,(H,41,46). The van der Waals surface area contributed by atoms with Gasteiger partial charge in [-0.15, -0.1) is 0 Å². The Kier molecular flexibility index (Phi) is 8.74. The van der Waals surface area contributed by atoms with E-state index in [2.05, 4.69) is 52.4 Å². The van der Waals surface area contributed by atoms with Gasteiger partial charge in [0.15, 0.2) is 0 Å². The van der Waals surface area contributed by atoms with Crippen molar-refractivity contribution in [1.29, 1.82) is 0 Å². The van der Waals surface area contributed by atoms with Crippen LogP contribution < -0.4 is 15.0 Å². The summed E-state index contributed by atoms with van der Waals surface area (Å²) in [5.74, 6) is 1.69. The van der Waals surface area contributed by atoms with E-state index in [-0.39, 0.29) is 17.9 Å². The minimum atomic E-state index is -0.778. The maximum atomic E-state index is 13.9. The van der Waals surface area contributed by atoms with Gasteiger partial charge in [-0.1, -0.05) is 79.2 Å². The van der Waals surface area contributed by atoms with Crippen molar-refractivity contribution in [3.8, 4) is 11.5 Å². The number of benzene rings is 4. The zero-order valence-electron chi connectivity index (χ0n) is 27.5. The van der Waals surface area contributed by atoms with Crippen molar-refractivity contribution in [3.63, 3.8) is 0 Å². The average Bonchev–Trinajstić information content (AvgIpc) is 3.45. The molecule has 47 heavy (non-hydrogen) atoms. The van der Waals surface area contributed by atoms with Crippen LogP contribution in [0, 0.1) is 0 Å². The molecule has 1 saturated heterocycles. The van der Waals surface area contributed by atoms with Crippen LogP contribution in [0.4, 0.5) is 5.69 Å². The van der Waals surface area contributed by atoms with Crippen LogP contribution in [-0.4, -0.2) is 60.9 Å². The van der Waals surface area contributed by atoms with Gasteiger partial charge in [-0.05, 0) is 68.6 Å². The van der Waals surface area contributed by atoms with Gasteiger partial charge in [0.1, 0.15) is 16.9 Å². The molecule has 4 aromatic rings. The van der Waals surface area contributed by atoms with Crippen LogP contribution in [0.2, 0.25) is 0 Å².